The Morgan fingerprint density at radius 1 is 1.24 bits per heavy atom. The van der Waals surface area contributed by atoms with E-state index < -0.39 is 5.97 Å². The summed E-state index contributed by atoms with van der Waals surface area (Å²) in [6.07, 6.45) is 2.23. The highest BCUT2D eigenvalue weighted by Gasteiger charge is 2.33. The number of fused-ring (bicyclic) bond motifs is 1. The van der Waals surface area contributed by atoms with Gasteiger partial charge in [0.15, 0.2) is 0 Å². The van der Waals surface area contributed by atoms with Crippen LogP contribution >= 0.6 is 12.4 Å². The Balaban J connectivity index is 0.00000161. The quantitative estimate of drug-likeness (QED) is 0.911. The van der Waals surface area contributed by atoms with Crippen molar-refractivity contribution in [2.24, 2.45) is 0 Å². The number of carboxylic acids is 1. The fraction of sp³-hybridized carbons (Fsp3) is 0.353. The molecule has 0 heterocycles. The molecule has 0 bridgehead atoms. The topological polar surface area (TPSA) is 40.5 Å². The van der Waals surface area contributed by atoms with Gasteiger partial charge in [-0.1, -0.05) is 36.4 Å². The monoisotopic (exact) mass is 305 g/mol. The van der Waals surface area contributed by atoms with Crippen molar-refractivity contribution in [3.05, 3.63) is 48.0 Å². The Labute approximate surface area is 131 Å². The third kappa shape index (κ3) is 3.55. The molecule has 1 aliphatic carbocycles. The van der Waals surface area contributed by atoms with Gasteiger partial charge in [0.1, 0.15) is 0 Å². The summed E-state index contributed by atoms with van der Waals surface area (Å²) in [5.74, 6) is -0.746. The lowest BCUT2D eigenvalue weighted by molar-refractivity contribution is -0.139. The maximum absolute atomic E-state index is 11.0. The van der Waals surface area contributed by atoms with Crippen molar-refractivity contribution in [1.82, 2.24) is 4.90 Å². The molecule has 0 spiro atoms. The van der Waals surface area contributed by atoms with Gasteiger partial charge in [0, 0.05) is 12.1 Å². The Bertz CT molecular complexity index is 639. The Morgan fingerprint density at radius 3 is 2.52 bits per heavy atom. The summed E-state index contributed by atoms with van der Waals surface area (Å²) >= 11 is 0. The fourth-order valence-corrected chi connectivity index (χ4v) is 2.80. The van der Waals surface area contributed by atoms with E-state index in [1.54, 1.807) is 0 Å². The number of nitrogens with zero attached hydrogens (tertiary/aromatic N) is 1. The number of hydrogen-bond acceptors (Lipinski definition) is 2. The van der Waals surface area contributed by atoms with Crippen molar-refractivity contribution < 1.29 is 9.90 Å². The molecule has 1 unspecified atom stereocenters. The van der Waals surface area contributed by atoms with E-state index in [0.29, 0.717) is 6.04 Å². The van der Waals surface area contributed by atoms with Gasteiger partial charge in [0.25, 0.3) is 0 Å². The van der Waals surface area contributed by atoms with Crippen molar-refractivity contribution in [3.8, 4) is 0 Å². The van der Waals surface area contributed by atoms with Crippen LogP contribution < -0.4 is 0 Å². The molecule has 0 saturated heterocycles. The molecule has 2 aromatic rings. The van der Waals surface area contributed by atoms with Crippen LogP contribution in [0.25, 0.3) is 10.8 Å². The molecule has 1 aliphatic rings. The molecular weight excluding hydrogens is 286 g/mol. The van der Waals surface area contributed by atoms with Crippen LogP contribution in [0.2, 0.25) is 0 Å². The maximum atomic E-state index is 11.0. The number of aliphatic carboxylic acids is 1. The van der Waals surface area contributed by atoms with E-state index in [4.69, 9.17) is 5.11 Å². The number of carbonyl (C=O) groups is 1. The molecule has 3 nitrogen and oxygen atoms in total. The first-order chi connectivity index (χ1) is 9.65. The molecule has 1 N–H and O–H groups in total. The van der Waals surface area contributed by atoms with E-state index >= 15 is 0 Å². The van der Waals surface area contributed by atoms with Crippen LogP contribution in [-0.2, 0) is 4.79 Å². The third-order valence-corrected chi connectivity index (χ3v) is 4.09. The summed E-state index contributed by atoms with van der Waals surface area (Å²) in [5, 5.41) is 11.5. The molecule has 21 heavy (non-hydrogen) atoms. The second-order valence-electron chi connectivity index (χ2n) is 5.58. The molecular formula is C17H20ClNO2. The third-order valence-electron chi connectivity index (χ3n) is 4.09. The van der Waals surface area contributed by atoms with Gasteiger partial charge in [-0.15, -0.1) is 12.4 Å². The van der Waals surface area contributed by atoms with Gasteiger partial charge in [-0.3, -0.25) is 9.69 Å². The van der Waals surface area contributed by atoms with Gasteiger partial charge in [0.05, 0.1) is 6.54 Å². The van der Waals surface area contributed by atoms with E-state index in [1.807, 2.05) is 12.1 Å². The molecule has 0 radical (unpaired) electrons. The SMILES string of the molecule is CC(c1ccc2ccccc2c1)N(CC(=O)O)C1CC1.Cl. The number of rotatable bonds is 5. The Morgan fingerprint density at radius 2 is 1.90 bits per heavy atom. The van der Waals surface area contributed by atoms with Crippen LogP contribution in [0.3, 0.4) is 0 Å². The van der Waals surface area contributed by atoms with E-state index in [9.17, 15) is 4.79 Å². The fourth-order valence-electron chi connectivity index (χ4n) is 2.80. The zero-order valence-electron chi connectivity index (χ0n) is 12.0. The summed E-state index contributed by atoms with van der Waals surface area (Å²) in [6.45, 7) is 2.23. The second kappa shape index (κ2) is 6.46. The first-order valence-electron chi connectivity index (χ1n) is 7.11. The van der Waals surface area contributed by atoms with Gasteiger partial charge in [-0.2, -0.15) is 0 Å². The highest BCUT2D eigenvalue weighted by molar-refractivity contribution is 5.85. The predicted octanol–water partition coefficient (Wildman–Crippen LogP) is 3.87. The lowest BCUT2D eigenvalue weighted by Crippen LogP contribution is -2.34. The van der Waals surface area contributed by atoms with E-state index in [2.05, 4.69) is 42.2 Å². The van der Waals surface area contributed by atoms with Crippen LogP contribution in [0.15, 0.2) is 42.5 Å². The van der Waals surface area contributed by atoms with Crippen molar-refractivity contribution in [2.45, 2.75) is 31.8 Å². The van der Waals surface area contributed by atoms with Crippen LogP contribution in [0.4, 0.5) is 0 Å². The lowest BCUT2D eigenvalue weighted by Gasteiger charge is -2.28. The minimum Gasteiger partial charge on any atom is -0.480 e. The zero-order valence-corrected chi connectivity index (χ0v) is 12.8. The molecule has 2 aromatic carbocycles. The van der Waals surface area contributed by atoms with Crippen molar-refractivity contribution in [1.29, 1.82) is 0 Å². The minimum absolute atomic E-state index is 0. The summed E-state index contributed by atoms with van der Waals surface area (Å²) in [7, 11) is 0. The standard InChI is InChI=1S/C17H19NO2.ClH/c1-12(18(11-17(19)20)16-8-9-16)14-7-6-13-4-2-3-5-15(13)10-14;/h2-7,10,12,16H,8-9,11H2,1H3,(H,19,20);1H. The van der Waals surface area contributed by atoms with Crippen LogP contribution in [0.5, 0.6) is 0 Å². The molecule has 3 rings (SSSR count). The highest BCUT2D eigenvalue weighted by Crippen LogP contribution is 2.34. The van der Waals surface area contributed by atoms with Crippen LogP contribution in [-0.4, -0.2) is 28.6 Å². The summed E-state index contributed by atoms with van der Waals surface area (Å²) < 4.78 is 0. The van der Waals surface area contributed by atoms with E-state index in [-0.39, 0.29) is 25.0 Å². The van der Waals surface area contributed by atoms with Gasteiger partial charge in [0.2, 0.25) is 0 Å². The number of carboxylic acid groups (broad SMARTS) is 1. The summed E-state index contributed by atoms with van der Waals surface area (Å²) in [5.41, 5.74) is 1.19. The molecule has 4 heteroatoms. The Hall–Kier alpha value is -1.58. The normalized spacial score (nSPS) is 15.7. The van der Waals surface area contributed by atoms with Crippen molar-refractivity contribution in [2.75, 3.05) is 6.54 Å². The van der Waals surface area contributed by atoms with Gasteiger partial charge in [-0.05, 0) is 42.2 Å². The molecule has 0 aliphatic heterocycles. The largest absolute Gasteiger partial charge is 0.480 e. The highest BCUT2D eigenvalue weighted by atomic mass is 35.5. The Kier molecular flexibility index (Phi) is 4.86. The lowest BCUT2D eigenvalue weighted by atomic mass is 10.0. The molecule has 1 saturated carbocycles. The first-order valence-corrected chi connectivity index (χ1v) is 7.11. The maximum Gasteiger partial charge on any atom is 0.317 e. The van der Waals surface area contributed by atoms with E-state index in [1.165, 1.54) is 16.3 Å². The predicted molar refractivity (Wildman–Crippen MR) is 87.0 cm³/mol. The van der Waals surface area contributed by atoms with Gasteiger partial charge in [-0.25, -0.2) is 0 Å². The molecule has 1 fully saturated rings. The minimum atomic E-state index is -0.746. The summed E-state index contributed by atoms with van der Waals surface area (Å²) in [6, 6.07) is 15.3. The average Bonchev–Trinajstić information content (AvgIpc) is 3.28. The van der Waals surface area contributed by atoms with E-state index in [0.717, 1.165) is 12.8 Å². The van der Waals surface area contributed by atoms with Gasteiger partial charge < -0.3 is 5.11 Å². The van der Waals surface area contributed by atoms with Crippen molar-refractivity contribution >= 4 is 29.1 Å². The molecule has 112 valence electrons. The zero-order chi connectivity index (χ0) is 14.1. The van der Waals surface area contributed by atoms with Crippen LogP contribution in [0, 0.1) is 0 Å². The molecule has 1 atom stereocenters. The van der Waals surface area contributed by atoms with Gasteiger partial charge >= 0.3 is 5.97 Å². The number of hydrogen-bond donors (Lipinski definition) is 1. The van der Waals surface area contributed by atoms with Crippen LogP contribution in [0.1, 0.15) is 31.4 Å². The molecule has 0 amide bonds. The van der Waals surface area contributed by atoms with Crippen molar-refractivity contribution in [3.63, 3.8) is 0 Å². The number of benzene rings is 2. The summed E-state index contributed by atoms with van der Waals surface area (Å²) in [4.78, 5) is 13.2. The second-order valence-corrected chi connectivity index (χ2v) is 5.58. The first kappa shape index (κ1) is 15.8. The average molecular weight is 306 g/mol. The number of halogens is 1. The molecule has 0 aromatic heterocycles. The smallest absolute Gasteiger partial charge is 0.317 e.